The van der Waals surface area contributed by atoms with E-state index in [1.807, 2.05) is 41.5 Å². The van der Waals surface area contributed by atoms with Gasteiger partial charge < -0.3 is 15.2 Å². The smallest absolute Gasteiger partial charge is 0.320 e. The number of ether oxygens (including phenoxy) is 1. The van der Waals surface area contributed by atoms with Gasteiger partial charge in [0, 0.05) is 18.4 Å². The summed E-state index contributed by atoms with van der Waals surface area (Å²) in [4.78, 5) is 22.9. The van der Waals surface area contributed by atoms with Gasteiger partial charge >= 0.3 is 11.9 Å². The summed E-state index contributed by atoms with van der Waals surface area (Å²) in [6.45, 7) is 11.5. The molecule has 124 valence electrons. The van der Waals surface area contributed by atoms with Gasteiger partial charge in [0.1, 0.15) is 12.1 Å². The maximum atomic E-state index is 11.6. The van der Waals surface area contributed by atoms with Crippen LogP contribution in [0.25, 0.3) is 0 Å². The number of rotatable bonds is 10. The first kappa shape index (κ1) is 19.9. The van der Waals surface area contributed by atoms with Crippen molar-refractivity contribution < 1.29 is 19.4 Å². The number of esters is 1. The molecule has 0 bridgehead atoms. The molecule has 0 heterocycles. The van der Waals surface area contributed by atoms with Crippen molar-refractivity contribution in [3.8, 4) is 0 Å². The number of carbonyl (C=O) groups excluding carboxylic acids is 1. The molecule has 0 radical (unpaired) electrons. The topological polar surface area (TPSA) is 75.6 Å². The molecule has 4 atom stereocenters. The highest BCUT2D eigenvalue weighted by molar-refractivity contribution is 5.73. The standard InChI is InChI=1S/C16H31NO4/c1-7-8-9-14(18)21-13(6)11(4)12(5)17-15(10(2)3)16(19)20/h10-13,15,17H,7-9H2,1-6H3,(H,19,20)/t11?,12?,13?,15-/m0/s1. The van der Waals surface area contributed by atoms with Gasteiger partial charge in [-0.25, -0.2) is 0 Å². The summed E-state index contributed by atoms with van der Waals surface area (Å²) < 4.78 is 5.41. The maximum absolute atomic E-state index is 11.6. The zero-order chi connectivity index (χ0) is 16.6. The Hall–Kier alpha value is -1.10. The predicted molar refractivity (Wildman–Crippen MR) is 83.1 cm³/mol. The minimum atomic E-state index is -0.850. The molecule has 2 N–H and O–H groups in total. The quantitative estimate of drug-likeness (QED) is 0.607. The zero-order valence-electron chi connectivity index (χ0n) is 14.2. The van der Waals surface area contributed by atoms with Gasteiger partial charge in [0.2, 0.25) is 0 Å². The van der Waals surface area contributed by atoms with Crippen molar-refractivity contribution in [3.63, 3.8) is 0 Å². The molecule has 21 heavy (non-hydrogen) atoms. The molecule has 5 nitrogen and oxygen atoms in total. The number of nitrogens with one attached hydrogen (secondary N) is 1. The third-order valence-electron chi connectivity index (χ3n) is 3.96. The Morgan fingerprint density at radius 3 is 2.14 bits per heavy atom. The molecule has 0 aliphatic rings. The highest BCUT2D eigenvalue weighted by Gasteiger charge is 2.28. The van der Waals surface area contributed by atoms with E-state index in [1.54, 1.807) is 0 Å². The van der Waals surface area contributed by atoms with E-state index in [0.29, 0.717) is 6.42 Å². The van der Waals surface area contributed by atoms with Gasteiger partial charge in [0.15, 0.2) is 0 Å². The first-order valence-corrected chi connectivity index (χ1v) is 7.89. The average molecular weight is 301 g/mol. The lowest BCUT2D eigenvalue weighted by molar-refractivity contribution is -0.151. The van der Waals surface area contributed by atoms with Gasteiger partial charge in [-0.05, 0) is 26.2 Å². The van der Waals surface area contributed by atoms with Crippen LogP contribution in [0.3, 0.4) is 0 Å². The third kappa shape index (κ3) is 7.46. The Morgan fingerprint density at radius 1 is 1.14 bits per heavy atom. The highest BCUT2D eigenvalue weighted by atomic mass is 16.5. The molecule has 0 rings (SSSR count). The first-order chi connectivity index (χ1) is 9.70. The molecule has 3 unspecified atom stereocenters. The van der Waals surface area contributed by atoms with Crippen molar-refractivity contribution >= 4 is 11.9 Å². The molecule has 0 saturated carbocycles. The lowest BCUT2D eigenvalue weighted by Crippen LogP contribution is -2.49. The number of unbranched alkanes of at least 4 members (excludes halogenated alkanes) is 1. The molecule has 0 fully saturated rings. The van der Waals surface area contributed by atoms with Crippen LogP contribution < -0.4 is 5.32 Å². The normalized spacial score (nSPS) is 17.1. The molecule has 5 heteroatoms. The Kier molecular flexibility index (Phi) is 9.26. The maximum Gasteiger partial charge on any atom is 0.320 e. The second-order valence-corrected chi connectivity index (χ2v) is 6.17. The van der Waals surface area contributed by atoms with E-state index in [4.69, 9.17) is 4.74 Å². The van der Waals surface area contributed by atoms with Crippen molar-refractivity contribution in [1.29, 1.82) is 0 Å². The van der Waals surface area contributed by atoms with Crippen LogP contribution in [0.1, 0.15) is 60.8 Å². The van der Waals surface area contributed by atoms with Gasteiger partial charge in [-0.15, -0.1) is 0 Å². The van der Waals surface area contributed by atoms with Gasteiger partial charge in [-0.1, -0.05) is 34.1 Å². The summed E-state index contributed by atoms with van der Waals surface area (Å²) in [6, 6.07) is -0.645. The molecule has 0 spiro atoms. The van der Waals surface area contributed by atoms with E-state index < -0.39 is 12.0 Å². The number of carboxylic acid groups (broad SMARTS) is 1. The summed E-state index contributed by atoms with van der Waals surface area (Å²) in [5, 5.41) is 12.3. The zero-order valence-corrected chi connectivity index (χ0v) is 14.2. The molecule has 0 saturated heterocycles. The summed E-state index contributed by atoms with van der Waals surface area (Å²) in [5.41, 5.74) is 0. The summed E-state index contributed by atoms with van der Waals surface area (Å²) in [6.07, 6.45) is 2.01. The van der Waals surface area contributed by atoms with Crippen LogP contribution in [0.2, 0.25) is 0 Å². The number of carbonyl (C=O) groups is 2. The lowest BCUT2D eigenvalue weighted by Gasteiger charge is -2.30. The summed E-state index contributed by atoms with van der Waals surface area (Å²) >= 11 is 0. The number of hydrogen-bond acceptors (Lipinski definition) is 4. The van der Waals surface area contributed by atoms with Crippen LogP contribution in [0.4, 0.5) is 0 Å². The lowest BCUT2D eigenvalue weighted by atomic mass is 9.95. The van der Waals surface area contributed by atoms with E-state index >= 15 is 0 Å². The highest BCUT2D eigenvalue weighted by Crippen LogP contribution is 2.15. The largest absolute Gasteiger partial charge is 0.480 e. The minimum Gasteiger partial charge on any atom is -0.480 e. The fourth-order valence-corrected chi connectivity index (χ4v) is 2.09. The Bertz CT molecular complexity index is 330. The van der Waals surface area contributed by atoms with Crippen molar-refractivity contribution in [1.82, 2.24) is 5.32 Å². The molecule has 0 aromatic carbocycles. The molecular formula is C16H31NO4. The van der Waals surface area contributed by atoms with Crippen LogP contribution in [-0.4, -0.2) is 35.2 Å². The molecule has 0 aromatic heterocycles. The van der Waals surface area contributed by atoms with Crippen LogP contribution in [0.15, 0.2) is 0 Å². The molecule has 0 aliphatic heterocycles. The average Bonchev–Trinajstić information content (AvgIpc) is 2.40. The van der Waals surface area contributed by atoms with Crippen molar-refractivity contribution in [2.75, 3.05) is 0 Å². The van der Waals surface area contributed by atoms with Gasteiger partial charge in [0.05, 0.1) is 0 Å². The second kappa shape index (κ2) is 9.77. The molecule has 0 aromatic rings. The van der Waals surface area contributed by atoms with E-state index in [0.717, 1.165) is 12.8 Å². The summed E-state index contributed by atoms with van der Waals surface area (Å²) in [5.74, 6) is -0.991. The Labute approximate surface area is 128 Å². The van der Waals surface area contributed by atoms with E-state index in [1.165, 1.54) is 0 Å². The second-order valence-electron chi connectivity index (χ2n) is 6.17. The Balaban J connectivity index is 4.44. The van der Waals surface area contributed by atoms with Crippen LogP contribution in [0.5, 0.6) is 0 Å². The van der Waals surface area contributed by atoms with E-state index in [9.17, 15) is 14.7 Å². The van der Waals surface area contributed by atoms with Gasteiger partial charge in [0.25, 0.3) is 0 Å². The SMILES string of the molecule is CCCCC(=O)OC(C)C(C)C(C)N[C@H](C(=O)O)C(C)C. The fourth-order valence-electron chi connectivity index (χ4n) is 2.09. The Morgan fingerprint density at radius 2 is 1.71 bits per heavy atom. The van der Waals surface area contributed by atoms with Crippen molar-refractivity contribution in [2.45, 2.75) is 79.0 Å². The van der Waals surface area contributed by atoms with Crippen LogP contribution in [-0.2, 0) is 14.3 Å². The molecule has 0 aliphatic carbocycles. The number of hydrogen-bond donors (Lipinski definition) is 2. The molecular weight excluding hydrogens is 270 g/mol. The number of aliphatic carboxylic acids is 1. The predicted octanol–water partition coefficient (Wildman–Crippen LogP) is 2.83. The fraction of sp³-hybridized carbons (Fsp3) is 0.875. The summed E-state index contributed by atoms with van der Waals surface area (Å²) in [7, 11) is 0. The monoisotopic (exact) mass is 301 g/mol. The van der Waals surface area contributed by atoms with Crippen molar-refractivity contribution in [3.05, 3.63) is 0 Å². The van der Waals surface area contributed by atoms with Gasteiger partial charge in [-0.3, -0.25) is 9.59 Å². The van der Waals surface area contributed by atoms with E-state index in [2.05, 4.69) is 5.32 Å². The third-order valence-corrected chi connectivity index (χ3v) is 3.96. The number of carboxylic acids is 1. The molecule has 0 amide bonds. The van der Waals surface area contributed by atoms with Crippen LogP contribution in [0, 0.1) is 11.8 Å². The first-order valence-electron chi connectivity index (χ1n) is 7.89. The van der Waals surface area contributed by atoms with Gasteiger partial charge in [-0.2, -0.15) is 0 Å². The van der Waals surface area contributed by atoms with Crippen molar-refractivity contribution in [2.24, 2.45) is 11.8 Å². The minimum absolute atomic E-state index is 0.000407. The van der Waals surface area contributed by atoms with Crippen LogP contribution >= 0.6 is 0 Å². The van der Waals surface area contributed by atoms with E-state index in [-0.39, 0.29) is 30.0 Å².